The highest BCUT2D eigenvalue weighted by Crippen LogP contribution is 2.33. The molecule has 1 fully saturated rings. The Bertz CT molecular complexity index is 974. The molecule has 0 bridgehead atoms. The van der Waals surface area contributed by atoms with Crippen molar-refractivity contribution in [3.63, 3.8) is 0 Å². The van der Waals surface area contributed by atoms with E-state index in [4.69, 9.17) is 4.98 Å². The van der Waals surface area contributed by atoms with E-state index in [1.807, 2.05) is 14.0 Å². The second kappa shape index (κ2) is 11.2. The van der Waals surface area contributed by atoms with Crippen LogP contribution in [0.1, 0.15) is 41.2 Å². The molecule has 2 heterocycles. The molecule has 1 saturated heterocycles. The summed E-state index contributed by atoms with van der Waals surface area (Å²) in [6, 6.07) is 13.2. The Morgan fingerprint density at radius 3 is 2.39 bits per heavy atom. The van der Waals surface area contributed by atoms with E-state index in [-0.39, 0.29) is 0 Å². The Hall–Kier alpha value is -2.58. The number of anilines is 1. The van der Waals surface area contributed by atoms with E-state index in [0.29, 0.717) is 17.5 Å². The average molecular weight is 435 g/mol. The lowest BCUT2D eigenvalue weighted by molar-refractivity contribution is 0.360. The van der Waals surface area contributed by atoms with Gasteiger partial charge in [-0.15, -0.1) is 11.8 Å². The number of nitriles is 2. The van der Waals surface area contributed by atoms with E-state index in [1.54, 1.807) is 11.8 Å². The topological polar surface area (TPSA) is 79.0 Å². The third-order valence-corrected chi connectivity index (χ3v) is 6.67. The van der Waals surface area contributed by atoms with Gasteiger partial charge >= 0.3 is 0 Å². The summed E-state index contributed by atoms with van der Waals surface area (Å²) in [6.07, 6.45) is 1.67. The number of rotatable bonds is 7. The van der Waals surface area contributed by atoms with Crippen LogP contribution in [-0.4, -0.2) is 50.2 Å². The molecule has 1 aliphatic rings. The third-order valence-electron chi connectivity index (χ3n) is 5.62. The largest absolute Gasteiger partial charge is 0.354 e. The van der Waals surface area contributed by atoms with Gasteiger partial charge in [0.15, 0.2) is 0 Å². The fourth-order valence-electron chi connectivity index (χ4n) is 3.88. The monoisotopic (exact) mass is 434 g/mol. The van der Waals surface area contributed by atoms with Gasteiger partial charge in [-0.1, -0.05) is 31.2 Å². The number of nitrogens with one attached hydrogen (secondary N) is 1. The zero-order chi connectivity index (χ0) is 22.2. The smallest absolute Gasteiger partial charge is 0.148 e. The van der Waals surface area contributed by atoms with Crippen LogP contribution in [0.25, 0.3) is 0 Å². The first-order valence-electron chi connectivity index (χ1n) is 10.8. The van der Waals surface area contributed by atoms with Crippen LogP contribution in [0.5, 0.6) is 0 Å². The molecule has 6 nitrogen and oxygen atoms in total. The molecule has 1 aliphatic heterocycles. The van der Waals surface area contributed by atoms with Crippen LogP contribution in [0.15, 0.2) is 29.3 Å². The zero-order valence-electron chi connectivity index (χ0n) is 18.6. The van der Waals surface area contributed by atoms with Crippen LogP contribution >= 0.6 is 11.8 Å². The fraction of sp³-hybridized carbons (Fsp3) is 0.458. The van der Waals surface area contributed by atoms with Crippen LogP contribution in [0.4, 0.5) is 5.82 Å². The van der Waals surface area contributed by atoms with Gasteiger partial charge in [0, 0.05) is 31.9 Å². The third kappa shape index (κ3) is 5.57. The minimum absolute atomic E-state index is 0.548. The van der Waals surface area contributed by atoms with Crippen molar-refractivity contribution < 1.29 is 0 Å². The molecule has 0 spiro atoms. The number of pyridine rings is 1. The number of benzene rings is 1. The SMILES string of the molecule is CCc1c(C#N)c(SCc2ccc(CNC)cc2)nc(N2CCCN(C)CC2)c1C#N. The second-order valence-corrected chi connectivity index (χ2v) is 8.79. The van der Waals surface area contributed by atoms with Crippen molar-refractivity contribution in [1.29, 1.82) is 10.5 Å². The number of hydrogen-bond acceptors (Lipinski definition) is 7. The normalized spacial score (nSPS) is 14.7. The molecule has 0 saturated carbocycles. The van der Waals surface area contributed by atoms with Crippen molar-refractivity contribution in [1.82, 2.24) is 15.2 Å². The van der Waals surface area contributed by atoms with Gasteiger partial charge in [-0.3, -0.25) is 0 Å². The van der Waals surface area contributed by atoms with Gasteiger partial charge in [0.1, 0.15) is 23.0 Å². The Balaban J connectivity index is 1.93. The molecule has 1 aromatic heterocycles. The highest BCUT2D eigenvalue weighted by molar-refractivity contribution is 7.98. The summed E-state index contributed by atoms with van der Waals surface area (Å²) in [5, 5.41) is 23.7. The fourth-order valence-corrected chi connectivity index (χ4v) is 4.84. The maximum Gasteiger partial charge on any atom is 0.148 e. The van der Waals surface area contributed by atoms with Crippen molar-refractivity contribution in [2.24, 2.45) is 0 Å². The highest BCUT2D eigenvalue weighted by Gasteiger charge is 2.24. The second-order valence-electron chi connectivity index (χ2n) is 7.83. The van der Waals surface area contributed by atoms with Crippen LogP contribution in [-0.2, 0) is 18.7 Å². The van der Waals surface area contributed by atoms with E-state index < -0.39 is 0 Å². The van der Waals surface area contributed by atoms with Crippen LogP contribution in [0.3, 0.4) is 0 Å². The minimum Gasteiger partial charge on any atom is -0.354 e. The van der Waals surface area contributed by atoms with E-state index in [1.165, 1.54) is 11.1 Å². The number of thioether (sulfide) groups is 1. The predicted octanol–water partition coefficient (Wildman–Crippen LogP) is 3.54. The summed E-state index contributed by atoms with van der Waals surface area (Å²) >= 11 is 1.58. The molecule has 2 aromatic rings. The van der Waals surface area contributed by atoms with Gasteiger partial charge < -0.3 is 15.1 Å². The average Bonchev–Trinajstić information content (AvgIpc) is 3.01. The summed E-state index contributed by atoms with van der Waals surface area (Å²) in [6.45, 7) is 6.54. The molecule has 7 heteroatoms. The van der Waals surface area contributed by atoms with Gasteiger partial charge in [-0.2, -0.15) is 10.5 Å². The maximum atomic E-state index is 9.92. The van der Waals surface area contributed by atoms with Crippen LogP contribution in [0.2, 0.25) is 0 Å². The summed E-state index contributed by atoms with van der Waals surface area (Å²) in [7, 11) is 4.07. The first kappa shape index (κ1) is 23.1. The van der Waals surface area contributed by atoms with Crippen molar-refractivity contribution in [3.8, 4) is 12.1 Å². The molecular formula is C24H30N6S. The van der Waals surface area contributed by atoms with E-state index in [2.05, 4.69) is 58.6 Å². The van der Waals surface area contributed by atoms with Gasteiger partial charge in [-0.25, -0.2) is 4.98 Å². The standard InChI is InChI=1S/C24H30N6S/c1-4-20-21(14-25)23(30-11-5-10-29(3)12-13-30)28-24(22(20)15-26)31-17-19-8-6-18(7-9-19)16-27-2/h6-9,27H,4-5,10-13,16-17H2,1-3H3. The Morgan fingerprint density at radius 1 is 1.03 bits per heavy atom. The first-order valence-corrected chi connectivity index (χ1v) is 11.8. The summed E-state index contributed by atoms with van der Waals surface area (Å²) in [5.74, 6) is 1.47. The number of hydrogen-bond donors (Lipinski definition) is 1. The maximum absolute atomic E-state index is 9.92. The molecule has 1 N–H and O–H groups in total. The summed E-state index contributed by atoms with van der Waals surface area (Å²) in [5.41, 5.74) is 4.36. The molecule has 0 radical (unpaired) electrons. The number of likely N-dealkylation sites (N-methyl/N-ethyl adjacent to an activating group) is 1. The van der Waals surface area contributed by atoms with Gasteiger partial charge in [-0.05, 0) is 50.2 Å². The first-order chi connectivity index (χ1) is 15.1. The highest BCUT2D eigenvalue weighted by atomic mass is 32.2. The summed E-state index contributed by atoms with van der Waals surface area (Å²) in [4.78, 5) is 9.42. The Labute approximate surface area is 189 Å². The molecule has 0 aliphatic carbocycles. The lowest BCUT2D eigenvalue weighted by atomic mass is 10.0. The molecular weight excluding hydrogens is 404 g/mol. The molecule has 3 rings (SSSR count). The molecule has 162 valence electrons. The number of nitrogens with zero attached hydrogens (tertiary/aromatic N) is 5. The van der Waals surface area contributed by atoms with Crippen molar-refractivity contribution >= 4 is 17.6 Å². The Morgan fingerprint density at radius 2 is 1.74 bits per heavy atom. The van der Waals surface area contributed by atoms with Crippen molar-refractivity contribution in [2.45, 2.75) is 37.1 Å². The quantitative estimate of drug-likeness (QED) is 0.668. The van der Waals surface area contributed by atoms with E-state index in [9.17, 15) is 10.5 Å². The molecule has 31 heavy (non-hydrogen) atoms. The lowest BCUT2D eigenvalue weighted by Crippen LogP contribution is -2.30. The van der Waals surface area contributed by atoms with Crippen LogP contribution < -0.4 is 10.2 Å². The summed E-state index contributed by atoms with van der Waals surface area (Å²) < 4.78 is 0. The predicted molar refractivity (Wildman–Crippen MR) is 126 cm³/mol. The van der Waals surface area contributed by atoms with Crippen molar-refractivity contribution in [2.75, 3.05) is 45.2 Å². The van der Waals surface area contributed by atoms with Gasteiger partial charge in [0.05, 0.1) is 11.1 Å². The lowest BCUT2D eigenvalue weighted by Gasteiger charge is -2.25. The number of aromatic nitrogens is 1. The molecule has 0 atom stereocenters. The zero-order valence-corrected chi connectivity index (χ0v) is 19.4. The van der Waals surface area contributed by atoms with Crippen molar-refractivity contribution in [3.05, 3.63) is 52.1 Å². The molecule has 1 aromatic carbocycles. The molecule has 0 unspecified atom stereocenters. The minimum atomic E-state index is 0.548. The Kier molecular flexibility index (Phi) is 8.31. The van der Waals surface area contributed by atoms with Gasteiger partial charge in [0.2, 0.25) is 0 Å². The van der Waals surface area contributed by atoms with Crippen LogP contribution in [0, 0.1) is 22.7 Å². The molecule has 0 amide bonds. The van der Waals surface area contributed by atoms with E-state index in [0.717, 1.165) is 61.3 Å². The van der Waals surface area contributed by atoms with Gasteiger partial charge in [0.25, 0.3) is 0 Å². The van der Waals surface area contributed by atoms with E-state index >= 15 is 0 Å².